The van der Waals surface area contributed by atoms with E-state index >= 15 is 0 Å². The number of nitrogens with zero attached hydrogens (tertiary/aromatic N) is 1. The van der Waals surface area contributed by atoms with Crippen LogP contribution in [0.5, 0.6) is 0 Å². The summed E-state index contributed by atoms with van der Waals surface area (Å²) in [5.74, 6) is 0. The Morgan fingerprint density at radius 2 is 1.12 bits per heavy atom. The molecule has 0 radical (unpaired) electrons. The van der Waals surface area contributed by atoms with E-state index in [2.05, 4.69) is 37.9 Å². The molecule has 0 fully saturated rings. The Balaban J connectivity index is 0. The molecule has 0 bridgehead atoms. The molecule has 2 aromatic carbocycles. The Hall–Kier alpha value is -2.26. The number of hydrogen-bond acceptors (Lipinski definition) is 3. The molecule has 0 amide bonds. The molecule has 0 unspecified atom stereocenters. The van der Waals surface area contributed by atoms with Crippen LogP contribution < -0.4 is 5.73 Å². The molecular weight excluding hydrogens is 320 g/mol. The number of aldehydes is 1. The summed E-state index contributed by atoms with van der Waals surface area (Å²) in [6, 6.07) is 19.2. The third-order valence-electron chi connectivity index (χ3n) is 2.34. The van der Waals surface area contributed by atoms with E-state index in [9.17, 15) is 4.79 Å². The van der Waals surface area contributed by atoms with Crippen LogP contribution in [-0.2, 0) is 0 Å². The van der Waals surface area contributed by atoms with E-state index in [1.54, 1.807) is 12.1 Å². The van der Waals surface area contributed by atoms with Crippen LogP contribution in [0.2, 0.25) is 0 Å². The first kappa shape index (κ1) is 26.0. The number of carbonyl (C=O) groups excluding carboxylic acids is 1. The third kappa shape index (κ3) is 19.8. The molecule has 0 aromatic heterocycles. The van der Waals surface area contributed by atoms with Crippen molar-refractivity contribution in [3.8, 4) is 0 Å². The van der Waals surface area contributed by atoms with Crippen molar-refractivity contribution in [2.24, 2.45) is 10.7 Å². The smallest absolute Gasteiger partial charge is 0.150 e. The average molecular weight is 357 g/mol. The van der Waals surface area contributed by atoms with Gasteiger partial charge in [-0.2, -0.15) is 0 Å². The van der Waals surface area contributed by atoms with E-state index in [0.717, 1.165) is 17.4 Å². The zero-order valence-corrected chi connectivity index (χ0v) is 16.4. The Morgan fingerprint density at radius 3 is 1.38 bits per heavy atom. The molecule has 2 N–H and O–H groups in total. The first-order chi connectivity index (χ1) is 11.5. The summed E-state index contributed by atoms with van der Waals surface area (Å²) >= 11 is 0. The first-order valence-corrected chi connectivity index (χ1v) is 8.40. The van der Waals surface area contributed by atoms with Gasteiger partial charge in [-0.1, -0.05) is 68.1 Å². The highest BCUT2D eigenvalue weighted by atomic mass is 16.1. The number of carbonyl (C=O) groups is 1. The molecule has 144 valence electrons. The van der Waals surface area contributed by atoms with E-state index in [4.69, 9.17) is 5.73 Å². The van der Waals surface area contributed by atoms with Crippen LogP contribution in [0.3, 0.4) is 0 Å². The number of benzene rings is 2. The fourth-order valence-corrected chi connectivity index (χ4v) is 1.34. The van der Waals surface area contributed by atoms with Gasteiger partial charge in [-0.3, -0.25) is 9.79 Å². The van der Waals surface area contributed by atoms with Crippen molar-refractivity contribution >= 4 is 12.5 Å². The largest absolute Gasteiger partial charge is 0.326 e. The number of aliphatic imine (C=N–C) groups is 1. The van der Waals surface area contributed by atoms with Gasteiger partial charge >= 0.3 is 0 Å². The van der Waals surface area contributed by atoms with Crippen LogP contribution in [0.15, 0.2) is 65.7 Å². The highest BCUT2D eigenvalue weighted by Gasteiger charge is 2.03. The summed E-state index contributed by atoms with van der Waals surface area (Å²) in [5.41, 5.74) is 7.27. The van der Waals surface area contributed by atoms with Gasteiger partial charge in [0.2, 0.25) is 0 Å². The van der Waals surface area contributed by atoms with Crippen molar-refractivity contribution < 1.29 is 4.79 Å². The molecule has 0 atom stereocenters. The van der Waals surface area contributed by atoms with Crippen molar-refractivity contribution in [1.29, 1.82) is 0 Å². The van der Waals surface area contributed by atoms with Gasteiger partial charge in [-0.25, -0.2) is 0 Å². The zero-order valence-electron chi connectivity index (χ0n) is 16.4. The van der Waals surface area contributed by atoms with Crippen molar-refractivity contribution in [2.75, 3.05) is 0 Å². The summed E-state index contributed by atoms with van der Waals surface area (Å²) in [7, 11) is 0. The normalized spacial score (nSPS) is 10.6. The standard InChI is InChI=1S/C11H15N.C7H6O.C4H11N.CH4/c1-11(2,3)12-9-10-7-5-4-6-8-10;8-6-7-4-2-1-3-5-7;1-4(2,3)5;/h4-9H,1-3H3;1-6H;5H2,1-3H3;1H4. The summed E-state index contributed by atoms with van der Waals surface area (Å²) in [4.78, 5) is 14.4. The second-order valence-electron chi connectivity index (χ2n) is 7.73. The highest BCUT2D eigenvalue weighted by molar-refractivity contribution is 5.79. The molecule has 3 heteroatoms. The molecule has 2 rings (SSSR count). The van der Waals surface area contributed by atoms with E-state index < -0.39 is 0 Å². The lowest BCUT2D eigenvalue weighted by Crippen LogP contribution is -2.26. The molecule has 3 nitrogen and oxygen atoms in total. The predicted molar refractivity (Wildman–Crippen MR) is 116 cm³/mol. The molecule has 0 spiro atoms. The fraction of sp³-hybridized carbons (Fsp3) is 0.391. The van der Waals surface area contributed by atoms with Crippen molar-refractivity contribution in [3.05, 3.63) is 71.8 Å². The molecular formula is C23H36N2O. The highest BCUT2D eigenvalue weighted by Crippen LogP contribution is 2.06. The van der Waals surface area contributed by atoms with Gasteiger partial charge in [0.1, 0.15) is 6.29 Å². The average Bonchev–Trinajstić information content (AvgIpc) is 2.53. The van der Waals surface area contributed by atoms with Gasteiger partial charge in [-0.05, 0) is 47.1 Å². The van der Waals surface area contributed by atoms with Crippen LogP contribution in [0, 0.1) is 0 Å². The summed E-state index contributed by atoms with van der Waals surface area (Å²) in [6.45, 7) is 12.2. The Labute approximate surface area is 160 Å². The Bertz CT molecular complexity index is 600. The molecule has 0 saturated carbocycles. The lowest BCUT2D eigenvalue weighted by molar-refractivity contribution is 0.112. The molecule has 26 heavy (non-hydrogen) atoms. The van der Waals surface area contributed by atoms with E-state index in [1.165, 1.54) is 0 Å². The van der Waals surface area contributed by atoms with Crippen molar-refractivity contribution in [3.63, 3.8) is 0 Å². The van der Waals surface area contributed by atoms with Gasteiger partial charge in [0.25, 0.3) is 0 Å². The minimum Gasteiger partial charge on any atom is -0.326 e. The summed E-state index contributed by atoms with van der Waals surface area (Å²) in [5, 5.41) is 0. The van der Waals surface area contributed by atoms with Crippen LogP contribution in [0.25, 0.3) is 0 Å². The fourth-order valence-electron chi connectivity index (χ4n) is 1.34. The topological polar surface area (TPSA) is 55.4 Å². The van der Waals surface area contributed by atoms with Crippen LogP contribution >= 0.6 is 0 Å². The van der Waals surface area contributed by atoms with Crippen molar-refractivity contribution in [2.45, 2.75) is 60.0 Å². The number of rotatable bonds is 2. The van der Waals surface area contributed by atoms with Gasteiger partial charge in [0, 0.05) is 17.3 Å². The minimum atomic E-state index is 0. The molecule has 0 heterocycles. The van der Waals surface area contributed by atoms with Gasteiger partial charge in [0.15, 0.2) is 0 Å². The van der Waals surface area contributed by atoms with E-state index in [-0.39, 0.29) is 18.5 Å². The predicted octanol–water partition coefficient (Wildman–Crippen LogP) is 5.78. The third-order valence-corrected chi connectivity index (χ3v) is 2.34. The maximum absolute atomic E-state index is 10.0. The second-order valence-corrected chi connectivity index (χ2v) is 7.73. The van der Waals surface area contributed by atoms with Gasteiger partial charge < -0.3 is 5.73 Å². The molecule has 0 aliphatic carbocycles. The monoisotopic (exact) mass is 356 g/mol. The summed E-state index contributed by atoms with van der Waals surface area (Å²) < 4.78 is 0. The second kappa shape index (κ2) is 13.0. The quantitative estimate of drug-likeness (QED) is 0.547. The number of hydrogen-bond donors (Lipinski definition) is 1. The van der Waals surface area contributed by atoms with Gasteiger partial charge in [-0.15, -0.1) is 0 Å². The van der Waals surface area contributed by atoms with Crippen LogP contribution in [0.1, 0.15) is 64.9 Å². The minimum absolute atomic E-state index is 0. The molecule has 2 aromatic rings. The Morgan fingerprint density at radius 1 is 0.769 bits per heavy atom. The zero-order chi connectivity index (χ0) is 19.3. The summed E-state index contributed by atoms with van der Waals surface area (Å²) in [6.07, 6.45) is 2.75. The van der Waals surface area contributed by atoms with Gasteiger partial charge in [0.05, 0.1) is 5.54 Å². The van der Waals surface area contributed by atoms with E-state index in [1.807, 2.05) is 63.4 Å². The first-order valence-electron chi connectivity index (χ1n) is 8.40. The molecule has 0 aliphatic rings. The molecule has 0 saturated heterocycles. The van der Waals surface area contributed by atoms with Crippen LogP contribution in [-0.4, -0.2) is 23.6 Å². The number of nitrogens with two attached hydrogens (primary N) is 1. The van der Waals surface area contributed by atoms with Crippen LogP contribution in [0.4, 0.5) is 0 Å². The van der Waals surface area contributed by atoms with E-state index in [0.29, 0.717) is 0 Å². The molecule has 0 aliphatic heterocycles. The maximum Gasteiger partial charge on any atom is 0.150 e. The maximum atomic E-state index is 10.0. The van der Waals surface area contributed by atoms with Crippen molar-refractivity contribution in [1.82, 2.24) is 0 Å². The lowest BCUT2D eigenvalue weighted by atomic mass is 10.1. The Kier molecular flexibility index (Phi) is 13.0. The SMILES string of the molecule is C.CC(C)(C)N.CC(C)(C)N=Cc1ccccc1.O=Cc1ccccc1. The lowest BCUT2D eigenvalue weighted by Gasteiger charge is -2.10.